The lowest BCUT2D eigenvalue weighted by Crippen LogP contribution is -2.34. The molecular weight excluding hydrogens is 262 g/mol. The smallest absolute Gasteiger partial charge is 0.216 e. The van der Waals surface area contributed by atoms with Crippen LogP contribution >= 0.6 is 0 Å². The Kier molecular flexibility index (Phi) is 5.97. The van der Waals surface area contributed by atoms with Crippen LogP contribution in [0.25, 0.3) is 0 Å². The topological polar surface area (TPSA) is 47.0 Å². The molecule has 1 aliphatic carbocycles. The number of hydrogen-bond donors (Lipinski definition) is 1. The highest BCUT2D eigenvalue weighted by atomic mass is 16.5. The molecule has 1 aromatic rings. The summed E-state index contributed by atoms with van der Waals surface area (Å²) in [6.45, 7) is 7.98. The number of methoxy groups -OCH3 is 1. The summed E-state index contributed by atoms with van der Waals surface area (Å²) >= 11 is 0. The third kappa shape index (κ3) is 4.40. The van der Waals surface area contributed by atoms with Crippen LogP contribution in [-0.2, 0) is 0 Å². The van der Waals surface area contributed by atoms with E-state index in [9.17, 15) is 0 Å². The van der Waals surface area contributed by atoms with Crippen LogP contribution in [0, 0.1) is 17.8 Å². The second-order valence-corrected chi connectivity index (χ2v) is 6.59. The Morgan fingerprint density at radius 3 is 2.57 bits per heavy atom. The van der Waals surface area contributed by atoms with Crippen molar-refractivity contribution in [3.05, 3.63) is 18.1 Å². The Labute approximate surface area is 128 Å². The molecule has 0 saturated heterocycles. The van der Waals surface area contributed by atoms with Crippen molar-refractivity contribution in [3.8, 4) is 5.88 Å². The molecule has 0 radical (unpaired) electrons. The molecule has 1 N–H and O–H groups in total. The molecule has 1 aromatic heterocycles. The van der Waals surface area contributed by atoms with E-state index in [0.29, 0.717) is 17.8 Å². The van der Waals surface area contributed by atoms with Gasteiger partial charge in [0.1, 0.15) is 6.33 Å². The first-order valence-corrected chi connectivity index (χ1v) is 8.23. The molecule has 118 valence electrons. The Morgan fingerprint density at radius 2 is 1.95 bits per heavy atom. The number of ether oxygens (including phenoxy) is 1. The summed E-state index contributed by atoms with van der Waals surface area (Å²) in [5, 5.41) is 3.70. The molecule has 1 heterocycles. The number of aromatic nitrogens is 2. The zero-order valence-corrected chi connectivity index (χ0v) is 13.8. The number of nitrogens with zero attached hydrogens (tertiary/aromatic N) is 2. The Balaban J connectivity index is 2.20. The number of hydrogen-bond acceptors (Lipinski definition) is 4. The summed E-state index contributed by atoms with van der Waals surface area (Å²) < 4.78 is 5.26. The van der Waals surface area contributed by atoms with Crippen molar-refractivity contribution in [2.75, 3.05) is 13.7 Å². The lowest BCUT2D eigenvalue weighted by Gasteiger charge is -2.36. The lowest BCUT2D eigenvalue weighted by molar-refractivity contribution is 0.174. The molecule has 1 saturated carbocycles. The van der Waals surface area contributed by atoms with Crippen LogP contribution in [-0.4, -0.2) is 23.6 Å². The van der Waals surface area contributed by atoms with E-state index in [2.05, 4.69) is 36.1 Å². The average Bonchev–Trinajstić information content (AvgIpc) is 2.47. The molecule has 0 spiro atoms. The first kappa shape index (κ1) is 16.2. The van der Waals surface area contributed by atoms with Crippen LogP contribution in [0.3, 0.4) is 0 Å². The largest absolute Gasteiger partial charge is 0.481 e. The number of nitrogens with one attached hydrogen (secondary N) is 1. The maximum absolute atomic E-state index is 5.26. The predicted octanol–water partition coefficient (Wildman–Crippen LogP) is 3.60. The van der Waals surface area contributed by atoms with Gasteiger partial charge in [-0.25, -0.2) is 9.97 Å². The molecule has 1 aliphatic rings. The van der Waals surface area contributed by atoms with E-state index >= 15 is 0 Å². The average molecular weight is 291 g/mol. The maximum atomic E-state index is 5.26. The molecular formula is C17H29N3O. The zero-order valence-electron chi connectivity index (χ0n) is 13.8. The van der Waals surface area contributed by atoms with Gasteiger partial charge in [0.2, 0.25) is 5.88 Å². The molecule has 2 rings (SSSR count). The van der Waals surface area contributed by atoms with Gasteiger partial charge in [0, 0.05) is 6.07 Å². The van der Waals surface area contributed by atoms with Gasteiger partial charge in [0.05, 0.1) is 18.8 Å². The van der Waals surface area contributed by atoms with Gasteiger partial charge in [-0.1, -0.05) is 20.8 Å². The molecule has 0 bridgehead atoms. The minimum Gasteiger partial charge on any atom is -0.481 e. The molecule has 4 heteroatoms. The predicted molar refractivity (Wildman–Crippen MR) is 85.3 cm³/mol. The van der Waals surface area contributed by atoms with E-state index < -0.39 is 0 Å². The fraction of sp³-hybridized carbons (Fsp3) is 0.765. The normalized spacial score (nSPS) is 27.3. The van der Waals surface area contributed by atoms with E-state index in [1.165, 1.54) is 19.3 Å². The van der Waals surface area contributed by atoms with Crippen LogP contribution in [0.5, 0.6) is 5.88 Å². The summed E-state index contributed by atoms with van der Waals surface area (Å²) in [6.07, 6.45) is 6.65. The van der Waals surface area contributed by atoms with E-state index in [1.54, 1.807) is 13.4 Å². The first-order chi connectivity index (χ1) is 10.1. The van der Waals surface area contributed by atoms with Gasteiger partial charge in [-0.15, -0.1) is 0 Å². The zero-order chi connectivity index (χ0) is 15.2. The highest BCUT2D eigenvalue weighted by Crippen LogP contribution is 2.39. The minimum absolute atomic E-state index is 0.312. The van der Waals surface area contributed by atoms with Gasteiger partial charge in [0.25, 0.3) is 0 Å². The number of rotatable bonds is 6. The summed E-state index contributed by atoms with van der Waals surface area (Å²) in [5.41, 5.74) is 1.07. The van der Waals surface area contributed by atoms with Gasteiger partial charge in [0.15, 0.2) is 0 Å². The fourth-order valence-electron chi connectivity index (χ4n) is 3.73. The van der Waals surface area contributed by atoms with Gasteiger partial charge in [-0.3, -0.25) is 0 Å². The van der Waals surface area contributed by atoms with Gasteiger partial charge in [-0.05, 0) is 50.0 Å². The molecule has 1 fully saturated rings. The van der Waals surface area contributed by atoms with Gasteiger partial charge >= 0.3 is 0 Å². The van der Waals surface area contributed by atoms with Crippen molar-refractivity contribution < 1.29 is 4.74 Å². The third-order valence-corrected chi connectivity index (χ3v) is 4.49. The van der Waals surface area contributed by atoms with Crippen LogP contribution < -0.4 is 10.1 Å². The van der Waals surface area contributed by atoms with E-state index in [1.807, 2.05) is 6.07 Å². The monoisotopic (exact) mass is 291 g/mol. The van der Waals surface area contributed by atoms with E-state index in [0.717, 1.165) is 30.5 Å². The molecule has 3 unspecified atom stereocenters. The van der Waals surface area contributed by atoms with Crippen molar-refractivity contribution in [1.82, 2.24) is 15.3 Å². The van der Waals surface area contributed by atoms with Crippen molar-refractivity contribution >= 4 is 0 Å². The maximum Gasteiger partial charge on any atom is 0.216 e. The van der Waals surface area contributed by atoms with Crippen LogP contribution in [0.15, 0.2) is 12.4 Å². The van der Waals surface area contributed by atoms with Crippen LogP contribution in [0.2, 0.25) is 0 Å². The van der Waals surface area contributed by atoms with E-state index in [4.69, 9.17) is 4.74 Å². The summed E-state index contributed by atoms with van der Waals surface area (Å²) in [5.74, 6) is 2.90. The molecule has 21 heavy (non-hydrogen) atoms. The van der Waals surface area contributed by atoms with Gasteiger partial charge < -0.3 is 10.1 Å². The van der Waals surface area contributed by atoms with Crippen molar-refractivity contribution in [2.45, 2.75) is 52.5 Å². The highest BCUT2D eigenvalue weighted by molar-refractivity contribution is 5.17. The third-order valence-electron chi connectivity index (χ3n) is 4.49. The first-order valence-electron chi connectivity index (χ1n) is 8.23. The fourth-order valence-corrected chi connectivity index (χ4v) is 3.73. The van der Waals surface area contributed by atoms with Crippen molar-refractivity contribution in [1.29, 1.82) is 0 Å². The summed E-state index contributed by atoms with van der Waals surface area (Å²) in [7, 11) is 1.66. The summed E-state index contributed by atoms with van der Waals surface area (Å²) in [6, 6.07) is 2.30. The molecule has 4 nitrogen and oxygen atoms in total. The van der Waals surface area contributed by atoms with Crippen molar-refractivity contribution in [3.63, 3.8) is 0 Å². The summed E-state index contributed by atoms with van der Waals surface area (Å²) in [4.78, 5) is 8.65. The second-order valence-electron chi connectivity index (χ2n) is 6.59. The standard InChI is InChI=1S/C17H29N3O/c1-5-6-18-17(14-8-12(2)7-13(3)9-14)15-10-16(21-4)20-11-19-15/h10-14,17-18H,5-9H2,1-4H3. The second kappa shape index (κ2) is 7.74. The van der Waals surface area contributed by atoms with Crippen molar-refractivity contribution in [2.24, 2.45) is 17.8 Å². The Bertz CT molecular complexity index is 428. The SMILES string of the molecule is CCCNC(c1cc(OC)ncn1)C1CC(C)CC(C)C1. The van der Waals surface area contributed by atoms with E-state index in [-0.39, 0.29) is 0 Å². The Hall–Kier alpha value is -1.16. The highest BCUT2D eigenvalue weighted by Gasteiger charge is 2.31. The van der Waals surface area contributed by atoms with Crippen LogP contribution in [0.1, 0.15) is 58.2 Å². The minimum atomic E-state index is 0.312. The van der Waals surface area contributed by atoms with Crippen LogP contribution in [0.4, 0.5) is 0 Å². The molecule has 0 aromatic carbocycles. The quantitative estimate of drug-likeness (QED) is 0.870. The molecule has 0 amide bonds. The van der Waals surface area contributed by atoms with Gasteiger partial charge in [-0.2, -0.15) is 0 Å². The lowest BCUT2D eigenvalue weighted by atomic mass is 9.73. The Morgan fingerprint density at radius 1 is 1.24 bits per heavy atom. The molecule has 3 atom stereocenters. The molecule has 0 aliphatic heterocycles.